The zero-order valence-corrected chi connectivity index (χ0v) is 12.9. The van der Waals surface area contributed by atoms with Crippen molar-refractivity contribution in [3.8, 4) is 17.5 Å². The smallest absolute Gasteiger partial charge is 0.282 e. The van der Waals surface area contributed by atoms with Crippen LogP contribution < -0.4 is 5.32 Å². The Hall–Kier alpha value is -2.92. The summed E-state index contributed by atoms with van der Waals surface area (Å²) in [5, 5.41) is 23.2. The first-order chi connectivity index (χ1) is 11.0. The van der Waals surface area contributed by atoms with E-state index in [1.165, 1.54) is 6.07 Å². The monoisotopic (exact) mass is 315 g/mol. The van der Waals surface area contributed by atoms with E-state index >= 15 is 0 Å². The minimum absolute atomic E-state index is 0.0592. The van der Waals surface area contributed by atoms with Gasteiger partial charge >= 0.3 is 0 Å². The van der Waals surface area contributed by atoms with Crippen molar-refractivity contribution in [3.63, 3.8) is 0 Å². The molecule has 1 heterocycles. The predicted octanol–water partition coefficient (Wildman–Crippen LogP) is 2.49. The third kappa shape index (κ3) is 4.05. The van der Waals surface area contributed by atoms with Gasteiger partial charge in [0.15, 0.2) is 0 Å². The van der Waals surface area contributed by atoms with E-state index < -0.39 is 4.92 Å². The maximum Gasteiger partial charge on any atom is 0.282 e. The van der Waals surface area contributed by atoms with Crippen LogP contribution in [0.1, 0.15) is 12.1 Å². The van der Waals surface area contributed by atoms with Gasteiger partial charge in [0.2, 0.25) is 17.5 Å². The second kappa shape index (κ2) is 7.38. The van der Waals surface area contributed by atoms with Crippen LogP contribution in [0.3, 0.4) is 0 Å². The number of nitrogens with zero attached hydrogens (tertiary/aromatic N) is 4. The average Bonchev–Trinajstić information content (AvgIpc) is 2.94. The van der Waals surface area contributed by atoms with Crippen LogP contribution in [0.4, 0.5) is 11.6 Å². The lowest BCUT2D eigenvalue weighted by Crippen LogP contribution is -2.16. The fourth-order valence-corrected chi connectivity index (χ4v) is 2.04. The highest BCUT2D eigenvalue weighted by atomic mass is 16.6. The summed E-state index contributed by atoms with van der Waals surface area (Å²) >= 11 is 0. The van der Waals surface area contributed by atoms with Crippen molar-refractivity contribution < 1.29 is 9.34 Å². The Morgan fingerprint density at radius 2 is 2.17 bits per heavy atom. The van der Waals surface area contributed by atoms with E-state index in [2.05, 4.69) is 10.3 Å². The number of nitriles is 1. The van der Waals surface area contributed by atoms with Gasteiger partial charge in [-0.05, 0) is 33.1 Å². The highest BCUT2D eigenvalue weighted by Crippen LogP contribution is 2.31. The van der Waals surface area contributed by atoms with Gasteiger partial charge in [0.25, 0.3) is 5.69 Å². The molecule has 2 aromatic rings. The molecule has 8 heteroatoms. The summed E-state index contributed by atoms with van der Waals surface area (Å²) in [4.78, 5) is 16.7. The van der Waals surface area contributed by atoms with Gasteiger partial charge in [-0.25, -0.2) is 0 Å². The van der Waals surface area contributed by atoms with Crippen LogP contribution in [0, 0.1) is 21.4 Å². The van der Waals surface area contributed by atoms with Gasteiger partial charge in [0.05, 0.1) is 4.92 Å². The molecular weight excluding hydrogens is 298 g/mol. The summed E-state index contributed by atoms with van der Waals surface area (Å²) < 4.78 is 5.53. The standard InChI is InChI=1S/C15H17N5O3/c1-19(2)9-5-8-17-15-12(10-16)18-14(23-15)11-6-3-4-7-13(11)20(21)22/h3-4,6-7,17H,5,8-9H2,1-2H3. The number of rotatable bonds is 7. The van der Waals surface area contributed by atoms with Crippen molar-refractivity contribution in [2.75, 3.05) is 32.5 Å². The molecule has 120 valence electrons. The molecule has 1 aromatic carbocycles. The van der Waals surface area contributed by atoms with Crippen molar-refractivity contribution in [1.29, 1.82) is 5.26 Å². The predicted molar refractivity (Wildman–Crippen MR) is 85.0 cm³/mol. The summed E-state index contributed by atoms with van der Waals surface area (Å²) in [6, 6.07) is 8.07. The maximum absolute atomic E-state index is 11.1. The number of hydrogen-bond donors (Lipinski definition) is 1. The lowest BCUT2D eigenvalue weighted by atomic mass is 10.2. The molecule has 0 unspecified atom stereocenters. The van der Waals surface area contributed by atoms with Crippen LogP contribution in [0.15, 0.2) is 28.7 Å². The SMILES string of the molecule is CN(C)CCCNc1oc(-c2ccccc2[N+](=O)[O-])nc1C#N. The van der Waals surface area contributed by atoms with Crippen molar-refractivity contribution >= 4 is 11.6 Å². The van der Waals surface area contributed by atoms with Crippen molar-refractivity contribution in [2.24, 2.45) is 0 Å². The van der Waals surface area contributed by atoms with Gasteiger partial charge in [0.1, 0.15) is 11.6 Å². The summed E-state index contributed by atoms with van der Waals surface area (Å²) in [5.74, 6) is 0.295. The first-order valence-corrected chi connectivity index (χ1v) is 7.06. The fourth-order valence-electron chi connectivity index (χ4n) is 2.04. The van der Waals surface area contributed by atoms with Crippen LogP contribution >= 0.6 is 0 Å². The van der Waals surface area contributed by atoms with E-state index in [1.54, 1.807) is 18.2 Å². The Kier molecular flexibility index (Phi) is 5.28. The average molecular weight is 315 g/mol. The minimum atomic E-state index is -0.504. The number of oxazole rings is 1. The molecule has 0 fully saturated rings. The lowest BCUT2D eigenvalue weighted by molar-refractivity contribution is -0.384. The summed E-state index contributed by atoms with van der Waals surface area (Å²) in [5.41, 5.74) is 0.218. The van der Waals surface area contributed by atoms with E-state index in [4.69, 9.17) is 9.68 Å². The Balaban J connectivity index is 2.23. The van der Waals surface area contributed by atoms with Crippen LogP contribution in [-0.2, 0) is 0 Å². The number of para-hydroxylation sites is 1. The van der Waals surface area contributed by atoms with Crippen LogP contribution in [0.5, 0.6) is 0 Å². The van der Waals surface area contributed by atoms with Crippen LogP contribution in [-0.4, -0.2) is 42.0 Å². The fraction of sp³-hybridized carbons (Fsp3) is 0.333. The number of nitro groups is 1. The molecule has 0 saturated heterocycles. The second-order valence-electron chi connectivity index (χ2n) is 5.17. The van der Waals surface area contributed by atoms with Gasteiger partial charge < -0.3 is 14.6 Å². The second-order valence-corrected chi connectivity index (χ2v) is 5.17. The van der Waals surface area contributed by atoms with Gasteiger partial charge in [-0.1, -0.05) is 12.1 Å². The molecule has 0 atom stereocenters. The van der Waals surface area contributed by atoms with Gasteiger partial charge in [0, 0.05) is 12.6 Å². The molecule has 0 amide bonds. The number of anilines is 1. The van der Waals surface area contributed by atoms with Gasteiger partial charge in [-0.2, -0.15) is 10.2 Å². The van der Waals surface area contributed by atoms with E-state index in [9.17, 15) is 10.1 Å². The Morgan fingerprint density at radius 3 is 2.83 bits per heavy atom. The maximum atomic E-state index is 11.1. The van der Waals surface area contributed by atoms with E-state index in [1.807, 2.05) is 25.1 Å². The molecule has 0 aliphatic carbocycles. The number of nitrogens with one attached hydrogen (secondary N) is 1. The van der Waals surface area contributed by atoms with Gasteiger partial charge in [-0.15, -0.1) is 0 Å². The molecule has 0 aliphatic rings. The van der Waals surface area contributed by atoms with Crippen LogP contribution in [0.25, 0.3) is 11.5 Å². The summed E-state index contributed by atoms with van der Waals surface area (Å²) in [7, 11) is 3.95. The number of nitro benzene ring substituents is 1. The molecule has 0 radical (unpaired) electrons. The third-order valence-electron chi connectivity index (χ3n) is 3.13. The Labute approximate surface area is 133 Å². The lowest BCUT2D eigenvalue weighted by Gasteiger charge is -2.09. The largest absolute Gasteiger partial charge is 0.419 e. The highest BCUT2D eigenvalue weighted by Gasteiger charge is 2.21. The number of benzene rings is 1. The van der Waals surface area contributed by atoms with Crippen molar-refractivity contribution in [3.05, 3.63) is 40.1 Å². The molecule has 0 saturated carbocycles. The molecule has 23 heavy (non-hydrogen) atoms. The molecule has 1 N–H and O–H groups in total. The molecule has 2 rings (SSSR count). The first-order valence-electron chi connectivity index (χ1n) is 7.06. The van der Waals surface area contributed by atoms with E-state index in [-0.39, 0.29) is 28.7 Å². The van der Waals surface area contributed by atoms with E-state index in [0.29, 0.717) is 6.54 Å². The third-order valence-corrected chi connectivity index (χ3v) is 3.13. The quantitative estimate of drug-likeness (QED) is 0.475. The molecule has 1 aromatic heterocycles. The number of hydrogen-bond acceptors (Lipinski definition) is 7. The molecular formula is C15H17N5O3. The zero-order chi connectivity index (χ0) is 16.8. The van der Waals surface area contributed by atoms with Crippen molar-refractivity contribution in [1.82, 2.24) is 9.88 Å². The summed E-state index contributed by atoms with van der Waals surface area (Å²) in [6.07, 6.45) is 0.861. The normalized spacial score (nSPS) is 10.5. The molecule has 0 aliphatic heterocycles. The molecule has 0 bridgehead atoms. The van der Waals surface area contributed by atoms with Crippen LogP contribution in [0.2, 0.25) is 0 Å². The summed E-state index contributed by atoms with van der Waals surface area (Å²) in [6.45, 7) is 1.50. The minimum Gasteiger partial charge on any atom is -0.419 e. The topological polar surface area (TPSA) is 108 Å². The first kappa shape index (κ1) is 16.5. The Bertz CT molecular complexity index is 733. The van der Waals surface area contributed by atoms with E-state index in [0.717, 1.165) is 13.0 Å². The van der Waals surface area contributed by atoms with Crippen molar-refractivity contribution in [2.45, 2.75) is 6.42 Å². The molecule has 8 nitrogen and oxygen atoms in total. The molecule has 0 spiro atoms. The Morgan fingerprint density at radius 1 is 1.43 bits per heavy atom. The zero-order valence-electron chi connectivity index (χ0n) is 12.9. The highest BCUT2D eigenvalue weighted by molar-refractivity contribution is 5.68. The number of aromatic nitrogens is 1. The van der Waals surface area contributed by atoms with Gasteiger partial charge in [-0.3, -0.25) is 10.1 Å².